The van der Waals surface area contributed by atoms with Gasteiger partial charge in [-0.2, -0.15) is 0 Å². The summed E-state index contributed by atoms with van der Waals surface area (Å²) in [7, 11) is 69.6. The van der Waals surface area contributed by atoms with Crippen molar-refractivity contribution in [2.45, 2.75) is 5.92 Å². The lowest BCUT2D eigenvalue weighted by Gasteiger charge is -2.33. The molecule has 326 valence electrons. The molecule has 1 aliphatic rings. The Hall–Kier alpha value is -3.84. The molecule has 0 nitrogen and oxygen atoms in total. The molecule has 0 spiro atoms. The quantitative estimate of drug-likeness (QED) is 0.122. The van der Waals surface area contributed by atoms with Crippen molar-refractivity contribution >= 4 is 418 Å². The molecule has 9 rings (SSSR count). The standard InChI is InChI=1S/C45H59B29/c46-17-9(18(47)14-13(17)19(48)15(31(60)30(14)59)16-34(63)43(72)45(74)44(73)35(16)64)1-3-5(22(51)39(68)37(66)20(3)49)2(6-4(1)21(50)38(67)40(69)23(6)52)10-26(55)28(57)11(29(58)27(10)56)7-8-12(32(61)36(65)24(7)53)33(62)42(71)41(70)25(8)54/h9H,46-74H2. The van der Waals surface area contributed by atoms with Gasteiger partial charge in [-0.3, -0.25) is 0 Å². The maximum Gasteiger partial charge on any atom is 0.140 e. The van der Waals surface area contributed by atoms with E-state index in [1.54, 1.807) is 0 Å². The Morgan fingerprint density at radius 2 is 0.351 bits per heavy atom. The average Bonchev–Trinajstić information content (AvgIpc) is 3.63. The fourth-order valence-corrected chi connectivity index (χ4v) is 15.5. The molecule has 1 atom stereocenters. The van der Waals surface area contributed by atoms with E-state index >= 15 is 0 Å². The Bertz CT molecular complexity index is 4030. The van der Waals surface area contributed by atoms with Crippen LogP contribution in [-0.4, -0.2) is 228 Å². The molecular weight excluding hydrogens is 854 g/mol. The molecule has 1 aliphatic carbocycles. The first-order chi connectivity index (χ1) is 34.4. The van der Waals surface area contributed by atoms with Gasteiger partial charge in [-0.15, -0.1) is 54.6 Å². The molecule has 29 heteroatoms. The van der Waals surface area contributed by atoms with Crippen LogP contribution in [0.15, 0.2) is 0 Å². The summed E-state index contributed by atoms with van der Waals surface area (Å²) in [6, 6.07) is 0. The average molecular weight is 914 g/mol. The fraction of sp³-hybridized carbons (Fsp3) is 0.0222. The molecule has 0 amide bonds. The van der Waals surface area contributed by atoms with Crippen molar-refractivity contribution in [3.63, 3.8) is 0 Å². The summed E-state index contributed by atoms with van der Waals surface area (Å²) in [5.74, 6) is 0.119. The molecule has 0 aliphatic heterocycles. The van der Waals surface area contributed by atoms with Gasteiger partial charge in [-0.1, -0.05) is 104 Å². The molecule has 0 bridgehead atoms. The van der Waals surface area contributed by atoms with Crippen LogP contribution in [0.4, 0.5) is 0 Å². The van der Waals surface area contributed by atoms with Crippen LogP contribution in [0.5, 0.6) is 0 Å². The fourth-order valence-electron chi connectivity index (χ4n) is 15.5. The molecule has 1 unspecified atom stereocenters. The summed E-state index contributed by atoms with van der Waals surface area (Å²) in [5, 5.41) is 11.6. The number of hydrogen-bond acceptors (Lipinski definition) is 0. The van der Waals surface area contributed by atoms with Crippen LogP contribution in [0, 0.1) is 0 Å². The van der Waals surface area contributed by atoms with Crippen LogP contribution in [0.3, 0.4) is 0 Å². The Balaban J connectivity index is 1.50. The normalized spacial score (nSPS) is 13.4. The molecule has 0 N–H and O–H groups in total. The minimum absolute atomic E-state index is 0.119. The topological polar surface area (TPSA) is 0 Å². The third-order valence-corrected chi connectivity index (χ3v) is 21.9. The molecular formula is C45H59B29. The zero-order valence-electron chi connectivity index (χ0n) is 51.6. The van der Waals surface area contributed by atoms with Crippen molar-refractivity contribution in [1.82, 2.24) is 0 Å². The van der Waals surface area contributed by atoms with Crippen molar-refractivity contribution in [1.29, 1.82) is 0 Å². The van der Waals surface area contributed by atoms with Crippen LogP contribution < -0.4 is 158 Å². The van der Waals surface area contributed by atoms with E-state index < -0.39 is 0 Å². The second-order valence-corrected chi connectivity index (χ2v) is 24.3. The molecule has 8 aromatic rings. The minimum Gasteiger partial charge on any atom is -0.102 e. The zero-order chi connectivity index (χ0) is 55.0. The highest BCUT2D eigenvalue weighted by molar-refractivity contribution is 6.76. The first kappa shape index (κ1) is 54.9. The smallest absolute Gasteiger partial charge is 0.102 e. The van der Waals surface area contributed by atoms with E-state index in [2.05, 4.69) is 228 Å². The predicted molar refractivity (Wildman–Crippen MR) is 428 cm³/mol. The Morgan fingerprint density at radius 1 is 0.149 bits per heavy atom. The van der Waals surface area contributed by atoms with Gasteiger partial charge in [0.2, 0.25) is 0 Å². The van der Waals surface area contributed by atoms with Gasteiger partial charge in [-0.05, 0) is 81.7 Å². The first-order valence-electron chi connectivity index (χ1n) is 27.9. The van der Waals surface area contributed by atoms with Gasteiger partial charge in [-0.25, -0.2) is 0 Å². The number of hydrogen-bond donors (Lipinski definition) is 0. The molecule has 0 saturated heterocycles. The van der Waals surface area contributed by atoms with Crippen molar-refractivity contribution in [3.8, 4) is 33.4 Å². The lowest BCUT2D eigenvalue weighted by Crippen LogP contribution is -2.60. The monoisotopic (exact) mass is 919 g/mol. The summed E-state index contributed by atoms with van der Waals surface area (Å²) in [5.41, 5.74) is 51.3. The highest BCUT2D eigenvalue weighted by atomic mass is 14.3. The van der Waals surface area contributed by atoms with Crippen LogP contribution in [0.1, 0.15) is 11.5 Å². The summed E-state index contributed by atoms with van der Waals surface area (Å²) in [4.78, 5) is 0. The van der Waals surface area contributed by atoms with Crippen molar-refractivity contribution in [3.05, 3.63) is 16.0 Å². The zero-order valence-corrected chi connectivity index (χ0v) is 51.6. The number of fused-ring (bicyclic) bond motifs is 4. The van der Waals surface area contributed by atoms with E-state index in [-0.39, 0.29) is 5.92 Å². The van der Waals surface area contributed by atoms with Crippen LogP contribution in [-0.2, 0) is 0 Å². The first-order valence-corrected chi connectivity index (χ1v) is 27.9. The Morgan fingerprint density at radius 3 is 0.730 bits per heavy atom. The molecule has 74 heavy (non-hydrogen) atoms. The third kappa shape index (κ3) is 7.10. The molecule has 0 radical (unpaired) electrons. The van der Waals surface area contributed by atoms with E-state index in [1.165, 1.54) is 240 Å². The van der Waals surface area contributed by atoms with Gasteiger partial charge in [0, 0.05) is 5.92 Å². The predicted octanol–water partition coefficient (Wildman–Crippen LogP) is -38.6. The van der Waals surface area contributed by atoms with Crippen molar-refractivity contribution < 1.29 is 0 Å². The van der Waals surface area contributed by atoms with Crippen molar-refractivity contribution in [2.24, 2.45) is 0 Å². The largest absolute Gasteiger partial charge is 0.140 e. The van der Waals surface area contributed by atoms with E-state index in [9.17, 15) is 0 Å². The maximum absolute atomic E-state index is 2.50. The molecule has 0 saturated carbocycles. The maximum atomic E-state index is 2.50. The highest BCUT2D eigenvalue weighted by Crippen LogP contribution is 2.42. The summed E-state index contributed by atoms with van der Waals surface area (Å²) in [6.07, 6.45) is 0. The number of rotatable bonds is 4. The van der Waals surface area contributed by atoms with Crippen LogP contribution in [0.2, 0.25) is 0 Å². The van der Waals surface area contributed by atoms with Gasteiger partial charge in [0.05, 0.1) is 0 Å². The van der Waals surface area contributed by atoms with E-state index in [4.69, 9.17) is 0 Å². The van der Waals surface area contributed by atoms with Gasteiger partial charge in [0.15, 0.2) is 0 Å². The van der Waals surface area contributed by atoms with Crippen molar-refractivity contribution in [2.75, 3.05) is 0 Å². The SMILES string of the molecule is BC1=c2c(B)c(B)c(-c3c(B)c(B)c(B)c(B)c3B)c(B)c2=C(B)C1c1c2c(B)c(B)c(B)c(B)c2c(-c2c(B)c(B)c(-c3c(B)c(B)c(B)c4c(B)c(B)c(B)c(B)c34)c(B)c2B)c2c(B)c(B)c(B)c(B)c12. The molecule has 8 aromatic carbocycles. The summed E-state index contributed by atoms with van der Waals surface area (Å²) < 4.78 is 0. The van der Waals surface area contributed by atoms with Crippen LogP contribution in [0.25, 0.3) is 76.6 Å². The second-order valence-electron chi connectivity index (χ2n) is 24.3. The Kier molecular flexibility index (Phi) is 13.9. The lowest BCUT2D eigenvalue weighted by molar-refractivity contribution is 1.25. The second kappa shape index (κ2) is 18.7. The third-order valence-electron chi connectivity index (χ3n) is 21.9. The molecule has 0 aromatic heterocycles. The lowest BCUT2D eigenvalue weighted by atomic mass is 9.55. The van der Waals surface area contributed by atoms with Gasteiger partial charge in [0.1, 0.15) is 228 Å². The van der Waals surface area contributed by atoms with Gasteiger partial charge >= 0.3 is 0 Å². The van der Waals surface area contributed by atoms with Gasteiger partial charge < -0.3 is 0 Å². The van der Waals surface area contributed by atoms with Crippen LogP contribution >= 0.6 is 0 Å². The summed E-state index contributed by atoms with van der Waals surface area (Å²) >= 11 is 0. The highest BCUT2D eigenvalue weighted by Gasteiger charge is 2.34. The van der Waals surface area contributed by atoms with E-state index in [0.717, 1.165) is 0 Å². The summed E-state index contributed by atoms with van der Waals surface area (Å²) in [6.45, 7) is 0. The number of benzene rings is 8. The molecule has 0 heterocycles. The minimum atomic E-state index is 0.119. The Labute approximate surface area is 470 Å². The van der Waals surface area contributed by atoms with E-state index in [1.807, 2.05) is 0 Å². The van der Waals surface area contributed by atoms with Gasteiger partial charge in [0.25, 0.3) is 0 Å². The van der Waals surface area contributed by atoms with E-state index in [0.29, 0.717) is 0 Å². The molecule has 0 fully saturated rings.